The fourth-order valence-electron chi connectivity index (χ4n) is 1.80. The van der Waals surface area contributed by atoms with E-state index in [0.717, 1.165) is 22.6 Å². The molecule has 0 aromatic heterocycles. The Hall–Kier alpha value is -2.33. The molecular weight excluding hydrogens is 254 g/mol. The Balaban J connectivity index is 1.97. The van der Waals surface area contributed by atoms with Crippen molar-refractivity contribution in [3.63, 3.8) is 0 Å². The molecule has 104 valence electrons. The maximum absolute atomic E-state index is 11.0. The smallest absolute Gasteiger partial charge is 0.221 e. The first-order valence-electron chi connectivity index (χ1n) is 6.36. The van der Waals surface area contributed by atoms with Gasteiger partial charge in [0.05, 0.1) is 6.61 Å². The van der Waals surface area contributed by atoms with Gasteiger partial charge in [-0.05, 0) is 35.4 Å². The van der Waals surface area contributed by atoms with E-state index >= 15 is 0 Å². The second-order valence-electron chi connectivity index (χ2n) is 4.47. The molecule has 0 radical (unpaired) electrons. The summed E-state index contributed by atoms with van der Waals surface area (Å²) in [7, 11) is 0. The standard InChI is InChI=1S/C16H17NO3/c1-12(19)17-15-4-2-3-14(9-15)11-20-16-7-5-13(10-18)6-8-16/h2-9,18H,10-11H2,1H3,(H,17,19). The van der Waals surface area contributed by atoms with Crippen LogP contribution in [0.25, 0.3) is 0 Å². The van der Waals surface area contributed by atoms with Gasteiger partial charge in [-0.2, -0.15) is 0 Å². The number of aliphatic hydroxyl groups is 1. The summed E-state index contributed by atoms with van der Waals surface area (Å²) >= 11 is 0. The van der Waals surface area contributed by atoms with Crippen molar-refractivity contribution in [1.82, 2.24) is 0 Å². The molecule has 0 heterocycles. The van der Waals surface area contributed by atoms with Crippen LogP contribution in [0.4, 0.5) is 5.69 Å². The summed E-state index contributed by atoms with van der Waals surface area (Å²) in [5.74, 6) is 0.648. The minimum absolute atomic E-state index is 0.0268. The Kier molecular flexibility index (Phi) is 4.74. The van der Waals surface area contributed by atoms with Gasteiger partial charge in [0.15, 0.2) is 0 Å². The molecule has 2 aromatic rings. The summed E-state index contributed by atoms with van der Waals surface area (Å²) in [6, 6.07) is 14.8. The van der Waals surface area contributed by atoms with Crippen LogP contribution in [0.2, 0.25) is 0 Å². The summed E-state index contributed by atoms with van der Waals surface area (Å²) < 4.78 is 5.66. The SMILES string of the molecule is CC(=O)Nc1cccc(COc2ccc(CO)cc2)c1. The van der Waals surface area contributed by atoms with E-state index in [2.05, 4.69) is 5.32 Å². The topological polar surface area (TPSA) is 58.6 Å². The van der Waals surface area contributed by atoms with Crippen LogP contribution in [0.3, 0.4) is 0 Å². The third-order valence-electron chi connectivity index (χ3n) is 2.76. The molecule has 0 aliphatic heterocycles. The summed E-state index contributed by atoms with van der Waals surface area (Å²) in [6.07, 6.45) is 0. The number of carbonyl (C=O) groups is 1. The van der Waals surface area contributed by atoms with Crippen LogP contribution in [0.1, 0.15) is 18.1 Å². The molecule has 0 saturated carbocycles. The Morgan fingerprint density at radius 2 is 1.90 bits per heavy atom. The Labute approximate surface area is 118 Å². The predicted molar refractivity (Wildman–Crippen MR) is 77.4 cm³/mol. The van der Waals surface area contributed by atoms with Crippen LogP contribution in [0, 0.1) is 0 Å². The van der Waals surface area contributed by atoms with E-state index < -0.39 is 0 Å². The zero-order valence-corrected chi connectivity index (χ0v) is 11.3. The van der Waals surface area contributed by atoms with Crippen molar-refractivity contribution in [1.29, 1.82) is 0 Å². The van der Waals surface area contributed by atoms with Crippen molar-refractivity contribution in [3.05, 3.63) is 59.7 Å². The van der Waals surface area contributed by atoms with Crippen molar-refractivity contribution in [3.8, 4) is 5.75 Å². The maximum Gasteiger partial charge on any atom is 0.221 e. The van der Waals surface area contributed by atoms with Crippen molar-refractivity contribution in [2.75, 3.05) is 5.32 Å². The molecule has 0 aliphatic rings. The second kappa shape index (κ2) is 6.73. The van der Waals surface area contributed by atoms with Gasteiger partial charge in [0, 0.05) is 12.6 Å². The normalized spacial score (nSPS) is 10.1. The fraction of sp³-hybridized carbons (Fsp3) is 0.188. The number of aliphatic hydroxyl groups excluding tert-OH is 1. The van der Waals surface area contributed by atoms with Gasteiger partial charge >= 0.3 is 0 Å². The van der Waals surface area contributed by atoms with Crippen LogP contribution in [-0.4, -0.2) is 11.0 Å². The lowest BCUT2D eigenvalue weighted by molar-refractivity contribution is -0.114. The molecule has 2 N–H and O–H groups in total. The number of benzene rings is 2. The van der Waals surface area contributed by atoms with E-state index in [4.69, 9.17) is 9.84 Å². The van der Waals surface area contributed by atoms with Crippen molar-refractivity contribution < 1.29 is 14.6 Å². The maximum atomic E-state index is 11.0. The number of rotatable bonds is 5. The van der Waals surface area contributed by atoms with Gasteiger partial charge in [-0.15, -0.1) is 0 Å². The van der Waals surface area contributed by atoms with Crippen LogP contribution in [0.15, 0.2) is 48.5 Å². The molecular formula is C16H17NO3. The highest BCUT2D eigenvalue weighted by Crippen LogP contribution is 2.16. The van der Waals surface area contributed by atoms with Gasteiger partial charge in [0.2, 0.25) is 5.91 Å². The van der Waals surface area contributed by atoms with Crippen molar-refractivity contribution in [2.24, 2.45) is 0 Å². The summed E-state index contributed by atoms with van der Waals surface area (Å²) in [5, 5.41) is 11.7. The molecule has 0 bridgehead atoms. The van der Waals surface area contributed by atoms with Crippen LogP contribution >= 0.6 is 0 Å². The second-order valence-corrected chi connectivity index (χ2v) is 4.47. The fourth-order valence-corrected chi connectivity index (χ4v) is 1.80. The third kappa shape index (κ3) is 4.10. The highest BCUT2D eigenvalue weighted by molar-refractivity contribution is 5.88. The molecule has 0 fully saturated rings. The molecule has 0 unspecified atom stereocenters. The first-order chi connectivity index (χ1) is 9.67. The zero-order valence-electron chi connectivity index (χ0n) is 11.3. The summed E-state index contributed by atoms with van der Waals surface area (Å²) in [5.41, 5.74) is 2.58. The number of ether oxygens (including phenoxy) is 1. The van der Waals surface area contributed by atoms with E-state index in [0.29, 0.717) is 6.61 Å². The lowest BCUT2D eigenvalue weighted by Gasteiger charge is -2.08. The van der Waals surface area contributed by atoms with Gasteiger partial charge in [-0.25, -0.2) is 0 Å². The van der Waals surface area contributed by atoms with E-state index in [1.807, 2.05) is 48.5 Å². The quantitative estimate of drug-likeness (QED) is 0.879. The van der Waals surface area contributed by atoms with Gasteiger partial charge < -0.3 is 15.2 Å². The first kappa shape index (κ1) is 14.1. The zero-order chi connectivity index (χ0) is 14.4. The van der Waals surface area contributed by atoms with Gasteiger partial charge in [-0.3, -0.25) is 4.79 Å². The molecule has 1 amide bonds. The first-order valence-corrected chi connectivity index (χ1v) is 6.36. The highest BCUT2D eigenvalue weighted by Gasteiger charge is 2.00. The Bertz CT molecular complexity index is 579. The van der Waals surface area contributed by atoms with E-state index in [9.17, 15) is 4.79 Å². The number of anilines is 1. The monoisotopic (exact) mass is 271 g/mol. The van der Waals surface area contributed by atoms with Crippen LogP contribution in [-0.2, 0) is 18.0 Å². The number of hydrogen-bond donors (Lipinski definition) is 2. The van der Waals surface area contributed by atoms with Gasteiger partial charge in [-0.1, -0.05) is 24.3 Å². The molecule has 0 saturated heterocycles. The minimum atomic E-state index is -0.0948. The molecule has 0 spiro atoms. The van der Waals surface area contributed by atoms with Crippen molar-refractivity contribution in [2.45, 2.75) is 20.1 Å². The molecule has 2 aromatic carbocycles. The van der Waals surface area contributed by atoms with Crippen LogP contribution in [0.5, 0.6) is 5.75 Å². The minimum Gasteiger partial charge on any atom is -0.489 e. The molecule has 4 nitrogen and oxygen atoms in total. The van der Waals surface area contributed by atoms with E-state index in [1.54, 1.807) is 0 Å². The Morgan fingerprint density at radius 1 is 1.15 bits per heavy atom. The molecule has 0 atom stereocenters. The van der Waals surface area contributed by atoms with Crippen molar-refractivity contribution >= 4 is 11.6 Å². The van der Waals surface area contributed by atoms with Gasteiger partial charge in [0.25, 0.3) is 0 Å². The number of nitrogens with one attached hydrogen (secondary N) is 1. The number of amides is 1. The lowest BCUT2D eigenvalue weighted by atomic mass is 10.2. The Morgan fingerprint density at radius 3 is 2.55 bits per heavy atom. The van der Waals surface area contributed by atoms with E-state index in [1.165, 1.54) is 6.92 Å². The van der Waals surface area contributed by atoms with Gasteiger partial charge in [0.1, 0.15) is 12.4 Å². The number of hydrogen-bond acceptors (Lipinski definition) is 3. The van der Waals surface area contributed by atoms with Crippen LogP contribution < -0.4 is 10.1 Å². The number of carbonyl (C=O) groups excluding carboxylic acids is 1. The van der Waals surface area contributed by atoms with E-state index in [-0.39, 0.29) is 12.5 Å². The summed E-state index contributed by atoms with van der Waals surface area (Å²) in [6.45, 7) is 1.93. The summed E-state index contributed by atoms with van der Waals surface area (Å²) in [4.78, 5) is 11.0. The molecule has 0 aliphatic carbocycles. The average molecular weight is 271 g/mol. The largest absolute Gasteiger partial charge is 0.489 e. The molecule has 2 rings (SSSR count). The predicted octanol–water partition coefficient (Wildman–Crippen LogP) is 2.72. The average Bonchev–Trinajstić information content (AvgIpc) is 2.45. The third-order valence-corrected chi connectivity index (χ3v) is 2.76. The lowest BCUT2D eigenvalue weighted by Crippen LogP contribution is -2.06. The molecule has 20 heavy (non-hydrogen) atoms. The molecule has 4 heteroatoms. The highest BCUT2D eigenvalue weighted by atomic mass is 16.5.